The van der Waals surface area contributed by atoms with Crippen molar-refractivity contribution in [2.45, 2.75) is 90.1 Å². The SMILES string of the molecule is CC1CCCN(C(=O)c2nc(C(=O)NC3CCCCCC3)n3c2CCCC3)C1. The lowest BCUT2D eigenvalue weighted by Gasteiger charge is -2.30. The van der Waals surface area contributed by atoms with E-state index in [2.05, 4.69) is 17.2 Å². The number of likely N-dealkylation sites (tertiary alicyclic amines) is 1. The lowest BCUT2D eigenvalue weighted by Crippen LogP contribution is -2.39. The van der Waals surface area contributed by atoms with Crippen molar-refractivity contribution in [3.63, 3.8) is 0 Å². The summed E-state index contributed by atoms with van der Waals surface area (Å²) >= 11 is 0. The van der Waals surface area contributed by atoms with Crippen LogP contribution in [0.5, 0.6) is 0 Å². The lowest BCUT2D eigenvalue weighted by atomic mass is 9.99. The summed E-state index contributed by atoms with van der Waals surface area (Å²) < 4.78 is 2.02. The van der Waals surface area contributed by atoms with Gasteiger partial charge in [-0.2, -0.15) is 0 Å². The van der Waals surface area contributed by atoms with E-state index in [-0.39, 0.29) is 17.9 Å². The molecular formula is C22H34N4O2. The van der Waals surface area contributed by atoms with E-state index in [9.17, 15) is 9.59 Å². The van der Waals surface area contributed by atoms with Gasteiger partial charge in [0.2, 0.25) is 0 Å². The van der Waals surface area contributed by atoms with Crippen molar-refractivity contribution in [3.05, 3.63) is 17.2 Å². The molecule has 2 aliphatic heterocycles. The second-order valence-electron chi connectivity index (χ2n) is 9.00. The van der Waals surface area contributed by atoms with Crippen molar-refractivity contribution in [1.82, 2.24) is 19.8 Å². The Balaban J connectivity index is 1.56. The number of amides is 2. The highest BCUT2D eigenvalue weighted by Crippen LogP contribution is 2.25. The van der Waals surface area contributed by atoms with Crippen LogP contribution in [-0.2, 0) is 13.0 Å². The number of piperidine rings is 1. The van der Waals surface area contributed by atoms with Crippen LogP contribution < -0.4 is 5.32 Å². The van der Waals surface area contributed by atoms with Gasteiger partial charge in [-0.1, -0.05) is 32.6 Å². The molecule has 1 atom stereocenters. The molecule has 3 heterocycles. The van der Waals surface area contributed by atoms with Gasteiger partial charge in [-0.15, -0.1) is 0 Å². The van der Waals surface area contributed by atoms with Crippen LogP contribution in [0.4, 0.5) is 0 Å². The number of imidazole rings is 1. The van der Waals surface area contributed by atoms with Crippen LogP contribution in [0.15, 0.2) is 0 Å². The third-order valence-electron chi connectivity index (χ3n) is 6.66. The zero-order valence-corrected chi connectivity index (χ0v) is 17.2. The maximum Gasteiger partial charge on any atom is 0.287 e. The number of aromatic nitrogens is 2. The van der Waals surface area contributed by atoms with Crippen molar-refractivity contribution in [3.8, 4) is 0 Å². The largest absolute Gasteiger partial charge is 0.347 e. The van der Waals surface area contributed by atoms with Crippen LogP contribution in [-0.4, -0.2) is 45.4 Å². The number of carbonyl (C=O) groups excluding carboxylic acids is 2. The molecule has 0 spiro atoms. The van der Waals surface area contributed by atoms with Crippen LogP contribution in [0.3, 0.4) is 0 Å². The van der Waals surface area contributed by atoms with E-state index in [0.717, 1.165) is 63.9 Å². The highest BCUT2D eigenvalue weighted by Gasteiger charge is 2.31. The molecule has 0 radical (unpaired) electrons. The predicted molar refractivity (Wildman–Crippen MR) is 108 cm³/mol. The normalized spacial score (nSPS) is 23.8. The first-order valence-corrected chi connectivity index (χ1v) is 11.3. The number of fused-ring (bicyclic) bond motifs is 1. The fourth-order valence-electron chi connectivity index (χ4n) is 5.08. The van der Waals surface area contributed by atoms with E-state index in [0.29, 0.717) is 17.4 Å². The van der Waals surface area contributed by atoms with Gasteiger partial charge in [0, 0.05) is 25.7 Å². The number of nitrogens with one attached hydrogen (secondary N) is 1. The first kappa shape index (κ1) is 19.5. The van der Waals surface area contributed by atoms with E-state index in [1.54, 1.807) is 0 Å². The van der Waals surface area contributed by atoms with Crippen molar-refractivity contribution in [2.24, 2.45) is 5.92 Å². The maximum atomic E-state index is 13.2. The summed E-state index contributed by atoms with van der Waals surface area (Å²) in [6.45, 7) is 4.60. The average Bonchev–Trinajstić information content (AvgIpc) is 2.90. The van der Waals surface area contributed by atoms with E-state index >= 15 is 0 Å². The minimum atomic E-state index is -0.0962. The number of carbonyl (C=O) groups is 2. The molecule has 1 aromatic rings. The first-order valence-electron chi connectivity index (χ1n) is 11.3. The van der Waals surface area contributed by atoms with Gasteiger partial charge in [-0.3, -0.25) is 9.59 Å². The van der Waals surface area contributed by atoms with E-state index in [1.807, 2.05) is 9.47 Å². The van der Waals surface area contributed by atoms with Gasteiger partial charge < -0.3 is 14.8 Å². The average molecular weight is 387 g/mol. The Morgan fingerprint density at radius 3 is 2.50 bits per heavy atom. The molecular weight excluding hydrogens is 352 g/mol. The van der Waals surface area contributed by atoms with E-state index < -0.39 is 0 Å². The molecule has 1 saturated carbocycles. The topological polar surface area (TPSA) is 67.2 Å². The molecule has 154 valence electrons. The number of hydrogen-bond donors (Lipinski definition) is 1. The molecule has 2 amide bonds. The van der Waals surface area contributed by atoms with Gasteiger partial charge in [0.25, 0.3) is 11.8 Å². The maximum absolute atomic E-state index is 13.2. The molecule has 1 aliphatic carbocycles. The van der Waals surface area contributed by atoms with Crippen molar-refractivity contribution >= 4 is 11.8 Å². The molecule has 6 nitrogen and oxygen atoms in total. The van der Waals surface area contributed by atoms with Crippen LogP contribution in [0.25, 0.3) is 0 Å². The number of nitrogens with zero attached hydrogens (tertiary/aromatic N) is 3. The summed E-state index contributed by atoms with van der Waals surface area (Å²) in [5, 5.41) is 3.22. The van der Waals surface area contributed by atoms with Gasteiger partial charge in [0.05, 0.1) is 5.69 Å². The standard InChI is InChI=1S/C22H34N4O2/c1-16-9-8-13-25(15-16)22(28)19-18-12-6-7-14-26(18)20(24-19)21(27)23-17-10-4-2-3-5-11-17/h16-17H,2-15H2,1H3,(H,23,27). The van der Waals surface area contributed by atoms with Crippen LogP contribution in [0.1, 0.15) is 97.9 Å². The second kappa shape index (κ2) is 8.66. The predicted octanol–water partition coefficient (Wildman–Crippen LogP) is 3.54. The van der Waals surface area contributed by atoms with Crippen molar-refractivity contribution < 1.29 is 9.59 Å². The van der Waals surface area contributed by atoms with Gasteiger partial charge in [0.1, 0.15) is 5.69 Å². The first-order chi connectivity index (χ1) is 13.6. The minimum absolute atomic E-state index is 0.0192. The summed E-state index contributed by atoms with van der Waals surface area (Å²) in [5.74, 6) is 0.910. The monoisotopic (exact) mass is 386 g/mol. The van der Waals surface area contributed by atoms with Crippen LogP contribution in [0, 0.1) is 5.92 Å². The lowest BCUT2D eigenvalue weighted by molar-refractivity contribution is 0.0676. The molecule has 1 saturated heterocycles. The molecule has 1 aromatic heterocycles. The fraction of sp³-hybridized carbons (Fsp3) is 0.773. The van der Waals surface area contributed by atoms with Gasteiger partial charge in [-0.25, -0.2) is 4.98 Å². The molecule has 4 rings (SSSR count). The zero-order valence-electron chi connectivity index (χ0n) is 17.2. The van der Waals surface area contributed by atoms with Gasteiger partial charge in [-0.05, 0) is 50.9 Å². The van der Waals surface area contributed by atoms with Crippen LogP contribution in [0.2, 0.25) is 0 Å². The second-order valence-corrected chi connectivity index (χ2v) is 9.00. The quantitative estimate of drug-likeness (QED) is 0.808. The third-order valence-corrected chi connectivity index (χ3v) is 6.66. The van der Waals surface area contributed by atoms with Crippen molar-refractivity contribution in [2.75, 3.05) is 13.1 Å². The Labute approximate surface area is 168 Å². The molecule has 1 unspecified atom stereocenters. The molecule has 0 bridgehead atoms. The summed E-state index contributed by atoms with van der Waals surface area (Å²) in [6.07, 6.45) is 12.2. The van der Waals surface area contributed by atoms with Crippen LogP contribution >= 0.6 is 0 Å². The summed E-state index contributed by atoms with van der Waals surface area (Å²) in [5.41, 5.74) is 1.50. The van der Waals surface area contributed by atoms with E-state index in [4.69, 9.17) is 0 Å². The molecule has 3 aliphatic rings. The summed E-state index contributed by atoms with van der Waals surface area (Å²) in [6, 6.07) is 0.244. The summed E-state index contributed by atoms with van der Waals surface area (Å²) in [4.78, 5) is 32.8. The third kappa shape index (κ3) is 4.11. The Morgan fingerprint density at radius 1 is 0.964 bits per heavy atom. The minimum Gasteiger partial charge on any atom is -0.347 e. The Kier molecular flexibility index (Phi) is 6.02. The Morgan fingerprint density at radius 2 is 1.75 bits per heavy atom. The van der Waals surface area contributed by atoms with Gasteiger partial charge >= 0.3 is 0 Å². The highest BCUT2D eigenvalue weighted by atomic mass is 16.2. The van der Waals surface area contributed by atoms with Gasteiger partial charge in [0.15, 0.2) is 5.82 Å². The molecule has 6 heteroatoms. The molecule has 1 N–H and O–H groups in total. The Bertz CT molecular complexity index is 718. The molecule has 28 heavy (non-hydrogen) atoms. The smallest absolute Gasteiger partial charge is 0.287 e. The fourth-order valence-corrected chi connectivity index (χ4v) is 5.08. The number of hydrogen-bond acceptors (Lipinski definition) is 3. The zero-order chi connectivity index (χ0) is 19.5. The number of rotatable bonds is 3. The summed E-state index contributed by atoms with van der Waals surface area (Å²) in [7, 11) is 0. The molecule has 0 aromatic carbocycles. The Hall–Kier alpha value is -1.85. The van der Waals surface area contributed by atoms with Crippen molar-refractivity contribution in [1.29, 1.82) is 0 Å². The highest BCUT2D eigenvalue weighted by molar-refractivity contribution is 5.97. The van der Waals surface area contributed by atoms with E-state index in [1.165, 1.54) is 32.1 Å². The molecule has 2 fully saturated rings.